The van der Waals surface area contributed by atoms with Gasteiger partial charge in [-0.25, -0.2) is 9.97 Å². The van der Waals surface area contributed by atoms with Crippen LogP contribution in [0.25, 0.3) is 27.6 Å². The summed E-state index contributed by atoms with van der Waals surface area (Å²) >= 11 is 0. The van der Waals surface area contributed by atoms with Crippen LogP contribution in [0.2, 0.25) is 0 Å². The molecule has 1 fully saturated rings. The van der Waals surface area contributed by atoms with Crippen LogP contribution in [0, 0.1) is 0 Å². The minimum atomic E-state index is 0.129. The Kier molecular flexibility index (Phi) is 2.93. The molecule has 3 heteroatoms. The SMILES string of the molecule is CC1(c2nc3ccccc3c3nc4ccccc4n23)CCCCC1. The fourth-order valence-electron chi connectivity index (χ4n) is 4.31. The number of imidazole rings is 1. The van der Waals surface area contributed by atoms with E-state index in [0.29, 0.717) is 0 Å². The maximum atomic E-state index is 5.14. The largest absolute Gasteiger partial charge is 0.279 e. The molecule has 3 nitrogen and oxygen atoms in total. The summed E-state index contributed by atoms with van der Waals surface area (Å²) in [5.74, 6) is 1.18. The van der Waals surface area contributed by atoms with Crippen LogP contribution in [-0.2, 0) is 5.41 Å². The maximum absolute atomic E-state index is 5.14. The first-order valence-corrected chi connectivity index (χ1v) is 8.93. The number of nitrogens with zero attached hydrogens (tertiary/aromatic N) is 3. The Morgan fingerprint density at radius 2 is 1.54 bits per heavy atom. The van der Waals surface area contributed by atoms with Crippen molar-refractivity contribution in [3.63, 3.8) is 0 Å². The van der Waals surface area contributed by atoms with E-state index in [1.165, 1.54) is 43.4 Å². The molecule has 1 aliphatic rings. The first kappa shape index (κ1) is 14.0. The molecule has 0 bridgehead atoms. The van der Waals surface area contributed by atoms with Crippen LogP contribution in [0.15, 0.2) is 48.5 Å². The maximum Gasteiger partial charge on any atom is 0.148 e. The van der Waals surface area contributed by atoms with E-state index in [0.717, 1.165) is 22.1 Å². The van der Waals surface area contributed by atoms with E-state index in [2.05, 4.69) is 59.9 Å². The zero-order valence-corrected chi connectivity index (χ0v) is 14.0. The molecule has 2 aromatic carbocycles. The third-order valence-corrected chi connectivity index (χ3v) is 5.64. The molecule has 4 aromatic rings. The average Bonchev–Trinajstić information content (AvgIpc) is 3.01. The number of fused-ring (bicyclic) bond motifs is 5. The molecule has 1 saturated carbocycles. The fourth-order valence-corrected chi connectivity index (χ4v) is 4.31. The van der Waals surface area contributed by atoms with E-state index in [9.17, 15) is 0 Å². The molecule has 0 unspecified atom stereocenters. The average molecular weight is 315 g/mol. The van der Waals surface area contributed by atoms with Crippen LogP contribution < -0.4 is 0 Å². The summed E-state index contributed by atoms with van der Waals surface area (Å²) in [7, 11) is 0. The smallest absolute Gasteiger partial charge is 0.148 e. The van der Waals surface area contributed by atoms with Gasteiger partial charge in [-0.15, -0.1) is 0 Å². The van der Waals surface area contributed by atoms with E-state index in [1.54, 1.807) is 0 Å². The summed E-state index contributed by atoms with van der Waals surface area (Å²) in [5, 5.41) is 1.14. The molecule has 0 N–H and O–H groups in total. The second kappa shape index (κ2) is 5.04. The highest BCUT2D eigenvalue weighted by Gasteiger charge is 2.33. The van der Waals surface area contributed by atoms with Crippen molar-refractivity contribution in [2.45, 2.75) is 44.4 Å². The lowest BCUT2D eigenvalue weighted by molar-refractivity contribution is 0.303. The second-order valence-electron chi connectivity index (χ2n) is 7.33. The van der Waals surface area contributed by atoms with Gasteiger partial charge in [-0.2, -0.15) is 0 Å². The molecule has 24 heavy (non-hydrogen) atoms. The third kappa shape index (κ3) is 1.90. The number of rotatable bonds is 1. The Hall–Kier alpha value is -2.42. The van der Waals surface area contributed by atoms with E-state index in [1.807, 2.05) is 0 Å². The van der Waals surface area contributed by atoms with Crippen molar-refractivity contribution in [1.82, 2.24) is 14.4 Å². The molecular formula is C21H21N3. The van der Waals surface area contributed by atoms with Gasteiger partial charge in [-0.3, -0.25) is 4.40 Å². The normalized spacial score (nSPS) is 17.7. The van der Waals surface area contributed by atoms with Gasteiger partial charge in [0.25, 0.3) is 0 Å². The van der Waals surface area contributed by atoms with Gasteiger partial charge in [0, 0.05) is 10.8 Å². The summed E-state index contributed by atoms with van der Waals surface area (Å²) < 4.78 is 2.32. The highest BCUT2D eigenvalue weighted by Crippen LogP contribution is 2.40. The van der Waals surface area contributed by atoms with Crippen molar-refractivity contribution in [3.05, 3.63) is 54.4 Å². The molecule has 2 aromatic heterocycles. The van der Waals surface area contributed by atoms with Gasteiger partial charge >= 0.3 is 0 Å². The van der Waals surface area contributed by atoms with Crippen LogP contribution >= 0.6 is 0 Å². The first-order chi connectivity index (χ1) is 11.8. The molecule has 0 radical (unpaired) electrons. The van der Waals surface area contributed by atoms with Gasteiger partial charge in [-0.1, -0.05) is 50.5 Å². The zero-order chi connectivity index (χ0) is 16.1. The zero-order valence-electron chi connectivity index (χ0n) is 14.0. The lowest BCUT2D eigenvalue weighted by Crippen LogP contribution is -2.29. The van der Waals surface area contributed by atoms with Crippen LogP contribution in [-0.4, -0.2) is 14.4 Å². The Morgan fingerprint density at radius 1 is 0.833 bits per heavy atom. The van der Waals surface area contributed by atoms with Crippen molar-refractivity contribution in [2.75, 3.05) is 0 Å². The van der Waals surface area contributed by atoms with E-state index < -0.39 is 0 Å². The van der Waals surface area contributed by atoms with Crippen molar-refractivity contribution in [2.24, 2.45) is 0 Å². The van der Waals surface area contributed by atoms with Crippen molar-refractivity contribution in [1.29, 1.82) is 0 Å². The van der Waals surface area contributed by atoms with Crippen molar-refractivity contribution in [3.8, 4) is 0 Å². The molecule has 0 saturated heterocycles. The molecular weight excluding hydrogens is 294 g/mol. The van der Waals surface area contributed by atoms with E-state index in [4.69, 9.17) is 9.97 Å². The molecule has 0 atom stereocenters. The monoisotopic (exact) mass is 315 g/mol. The molecule has 0 spiro atoms. The predicted molar refractivity (Wildman–Crippen MR) is 98.4 cm³/mol. The van der Waals surface area contributed by atoms with Gasteiger partial charge in [0.05, 0.1) is 16.6 Å². The Labute approximate surface area is 141 Å². The second-order valence-corrected chi connectivity index (χ2v) is 7.33. The Morgan fingerprint density at radius 3 is 2.38 bits per heavy atom. The Bertz CT molecular complexity index is 1050. The molecule has 5 rings (SSSR count). The van der Waals surface area contributed by atoms with Crippen LogP contribution in [0.1, 0.15) is 44.9 Å². The summed E-state index contributed by atoms with van der Waals surface area (Å²) in [4.78, 5) is 10.1. The third-order valence-electron chi connectivity index (χ3n) is 5.64. The van der Waals surface area contributed by atoms with Crippen LogP contribution in [0.3, 0.4) is 0 Å². The number of para-hydroxylation sites is 3. The lowest BCUT2D eigenvalue weighted by Gasteiger charge is -2.33. The minimum absolute atomic E-state index is 0.129. The minimum Gasteiger partial charge on any atom is -0.279 e. The summed E-state index contributed by atoms with van der Waals surface area (Å²) in [6.45, 7) is 2.39. The van der Waals surface area contributed by atoms with Crippen LogP contribution in [0.4, 0.5) is 0 Å². The van der Waals surface area contributed by atoms with Gasteiger partial charge in [0.15, 0.2) is 0 Å². The van der Waals surface area contributed by atoms with Gasteiger partial charge < -0.3 is 0 Å². The number of hydrogen-bond donors (Lipinski definition) is 0. The first-order valence-electron chi connectivity index (χ1n) is 8.93. The summed E-state index contributed by atoms with van der Waals surface area (Å²) in [5.41, 5.74) is 4.46. The summed E-state index contributed by atoms with van der Waals surface area (Å²) in [6.07, 6.45) is 6.34. The summed E-state index contributed by atoms with van der Waals surface area (Å²) in [6, 6.07) is 16.8. The Balaban J connectivity index is 1.96. The van der Waals surface area contributed by atoms with E-state index >= 15 is 0 Å². The van der Waals surface area contributed by atoms with Gasteiger partial charge in [0.2, 0.25) is 0 Å². The van der Waals surface area contributed by atoms with E-state index in [-0.39, 0.29) is 5.41 Å². The van der Waals surface area contributed by atoms with Crippen molar-refractivity contribution >= 4 is 27.6 Å². The molecule has 2 heterocycles. The van der Waals surface area contributed by atoms with Gasteiger partial charge in [0.1, 0.15) is 11.5 Å². The molecule has 0 amide bonds. The number of benzene rings is 2. The highest BCUT2D eigenvalue weighted by atomic mass is 15.1. The highest BCUT2D eigenvalue weighted by molar-refractivity contribution is 5.96. The fraction of sp³-hybridized carbons (Fsp3) is 0.333. The number of hydrogen-bond acceptors (Lipinski definition) is 2. The van der Waals surface area contributed by atoms with Crippen LogP contribution in [0.5, 0.6) is 0 Å². The number of aromatic nitrogens is 3. The van der Waals surface area contributed by atoms with Crippen molar-refractivity contribution < 1.29 is 0 Å². The standard InChI is InChI=1S/C21H21N3/c1-21(13-7-2-8-14-21)20-23-16-10-4-3-9-15(16)19-22-17-11-5-6-12-18(17)24(19)20/h3-6,9-12H,2,7-8,13-14H2,1H3. The lowest BCUT2D eigenvalue weighted by atomic mass is 9.75. The molecule has 1 aliphatic carbocycles. The quantitative estimate of drug-likeness (QED) is 0.480. The van der Waals surface area contributed by atoms with Gasteiger partial charge in [-0.05, 0) is 37.1 Å². The predicted octanol–water partition coefficient (Wildman–Crippen LogP) is 5.26. The topological polar surface area (TPSA) is 30.2 Å². The molecule has 0 aliphatic heterocycles. The molecule has 120 valence electrons.